The molecule has 1 aromatic rings. The Bertz CT molecular complexity index is 550. The zero-order valence-electron chi connectivity index (χ0n) is 11.8. The first kappa shape index (κ1) is 16.4. The van der Waals surface area contributed by atoms with Crippen molar-refractivity contribution in [3.05, 3.63) is 28.2 Å². The van der Waals surface area contributed by atoms with E-state index >= 15 is 0 Å². The number of rotatable bonds is 5. The number of aliphatic carboxylic acids is 1. The van der Waals surface area contributed by atoms with Crippen molar-refractivity contribution in [1.29, 1.82) is 0 Å². The van der Waals surface area contributed by atoms with Gasteiger partial charge in [0.25, 0.3) is 0 Å². The topological polar surface area (TPSA) is 57.6 Å². The number of carbonyl (C=O) groups is 2. The second-order valence-electron chi connectivity index (χ2n) is 5.29. The third-order valence-corrected chi connectivity index (χ3v) is 5.24. The zero-order valence-corrected chi connectivity index (χ0v) is 14.2. The van der Waals surface area contributed by atoms with Crippen molar-refractivity contribution in [2.45, 2.75) is 24.7 Å². The van der Waals surface area contributed by atoms with E-state index < -0.39 is 5.97 Å². The highest BCUT2D eigenvalue weighted by Crippen LogP contribution is 2.27. The van der Waals surface area contributed by atoms with Gasteiger partial charge < -0.3 is 10.0 Å². The van der Waals surface area contributed by atoms with Gasteiger partial charge in [-0.2, -0.15) is 0 Å². The molecule has 1 amide bonds. The summed E-state index contributed by atoms with van der Waals surface area (Å²) >= 11 is 4.96. The summed E-state index contributed by atoms with van der Waals surface area (Å²) in [5, 5.41) is 8.79. The van der Waals surface area contributed by atoms with Gasteiger partial charge >= 0.3 is 5.97 Å². The van der Waals surface area contributed by atoms with E-state index in [1.807, 2.05) is 25.1 Å². The molecule has 0 aliphatic carbocycles. The fourth-order valence-electron chi connectivity index (χ4n) is 2.48. The van der Waals surface area contributed by atoms with Crippen molar-refractivity contribution in [1.82, 2.24) is 4.90 Å². The number of likely N-dealkylation sites (tertiary alicyclic amines) is 1. The molecule has 1 heterocycles. The lowest BCUT2D eigenvalue weighted by Crippen LogP contribution is -2.30. The molecule has 6 heteroatoms. The van der Waals surface area contributed by atoms with Crippen LogP contribution in [0.4, 0.5) is 0 Å². The number of aryl methyl sites for hydroxylation is 1. The van der Waals surface area contributed by atoms with E-state index in [4.69, 9.17) is 5.11 Å². The molecule has 0 aromatic heterocycles. The average Bonchev–Trinajstić information content (AvgIpc) is 2.85. The molecule has 0 spiro atoms. The Morgan fingerprint density at radius 1 is 1.48 bits per heavy atom. The highest BCUT2D eigenvalue weighted by Gasteiger charge is 2.27. The average molecular weight is 372 g/mol. The standard InChI is InChI=1S/C15H18BrNO3S/c1-10-6-12(16)2-3-13(10)21-9-14(18)17-5-4-11(8-17)7-15(19)20/h2-3,6,11H,4-5,7-9H2,1H3,(H,19,20). The van der Waals surface area contributed by atoms with Crippen molar-refractivity contribution in [2.24, 2.45) is 5.92 Å². The molecule has 21 heavy (non-hydrogen) atoms. The van der Waals surface area contributed by atoms with Gasteiger partial charge in [0.2, 0.25) is 5.91 Å². The Kier molecular flexibility index (Phi) is 5.70. The Hall–Kier alpha value is -1.01. The fraction of sp³-hybridized carbons (Fsp3) is 0.467. The molecule has 0 saturated carbocycles. The maximum absolute atomic E-state index is 12.2. The van der Waals surface area contributed by atoms with Crippen LogP contribution < -0.4 is 0 Å². The van der Waals surface area contributed by atoms with Crippen LogP contribution in [0, 0.1) is 12.8 Å². The van der Waals surface area contributed by atoms with Crippen molar-refractivity contribution in [2.75, 3.05) is 18.8 Å². The highest BCUT2D eigenvalue weighted by molar-refractivity contribution is 9.10. The molecule has 1 N–H and O–H groups in total. The molecular formula is C15H18BrNO3S. The molecule has 1 saturated heterocycles. The predicted octanol–water partition coefficient (Wildman–Crippen LogP) is 3.17. The molecular weight excluding hydrogens is 354 g/mol. The van der Waals surface area contributed by atoms with E-state index in [0.29, 0.717) is 18.8 Å². The summed E-state index contributed by atoms with van der Waals surface area (Å²) in [5.74, 6) is -0.183. The Balaban J connectivity index is 1.84. The van der Waals surface area contributed by atoms with E-state index in [2.05, 4.69) is 15.9 Å². The second-order valence-corrected chi connectivity index (χ2v) is 7.22. The first-order valence-corrected chi connectivity index (χ1v) is 8.62. The Morgan fingerprint density at radius 3 is 2.90 bits per heavy atom. The number of hydrogen-bond acceptors (Lipinski definition) is 3. The van der Waals surface area contributed by atoms with Crippen LogP contribution in [-0.2, 0) is 9.59 Å². The highest BCUT2D eigenvalue weighted by atomic mass is 79.9. The largest absolute Gasteiger partial charge is 0.481 e. The third kappa shape index (κ3) is 4.74. The SMILES string of the molecule is Cc1cc(Br)ccc1SCC(=O)N1CCC(CC(=O)O)C1. The van der Waals surface area contributed by atoms with Crippen LogP contribution in [-0.4, -0.2) is 40.7 Å². The minimum Gasteiger partial charge on any atom is -0.481 e. The van der Waals surface area contributed by atoms with Gasteiger partial charge in [0, 0.05) is 28.9 Å². The van der Waals surface area contributed by atoms with E-state index in [-0.39, 0.29) is 18.2 Å². The minimum absolute atomic E-state index is 0.0928. The lowest BCUT2D eigenvalue weighted by atomic mass is 10.1. The summed E-state index contributed by atoms with van der Waals surface area (Å²) in [6.07, 6.45) is 0.947. The number of carboxylic acid groups (broad SMARTS) is 1. The summed E-state index contributed by atoms with van der Waals surface area (Å²) < 4.78 is 1.03. The molecule has 1 aromatic carbocycles. The van der Waals surface area contributed by atoms with E-state index in [1.54, 1.807) is 4.90 Å². The van der Waals surface area contributed by atoms with Crippen LogP contribution in [0.2, 0.25) is 0 Å². The third-order valence-electron chi connectivity index (χ3n) is 3.59. The van der Waals surface area contributed by atoms with E-state index in [9.17, 15) is 9.59 Å². The predicted molar refractivity (Wildman–Crippen MR) is 86.5 cm³/mol. The van der Waals surface area contributed by atoms with Gasteiger partial charge in [-0.25, -0.2) is 0 Å². The summed E-state index contributed by atoms with van der Waals surface area (Å²) in [4.78, 5) is 25.8. The maximum atomic E-state index is 12.2. The van der Waals surface area contributed by atoms with Gasteiger partial charge in [0.1, 0.15) is 0 Å². The van der Waals surface area contributed by atoms with Crippen molar-refractivity contribution in [3.8, 4) is 0 Å². The van der Waals surface area contributed by atoms with Gasteiger partial charge in [-0.15, -0.1) is 11.8 Å². The number of thioether (sulfide) groups is 1. The first-order chi connectivity index (χ1) is 9.95. The second kappa shape index (κ2) is 7.31. The first-order valence-electron chi connectivity index (χ1n) is 6.84. The van der Waals surface area contributed by atoms with Crippen LogP contribution in [0.3, 0.4) is 0 Å². The molecule has 1 unspecified atom stereocenters. The number of nitrogens with zero attached hydrogens (tertiary/aromatic N) is 1. The molecule has 0 bridgehead atoms. The normalized spacial score (nSPS) is 18.0. The molecule has 0 radical (unpaired) electrons. The molecule has 114 valence electrons. The molecule has 1 atom stereocenters. The number of hydrogen-bond donors (Lipinski definition) is 1. The summed E-state index contributed by atoms with van der Waals surface area (Å²) in [6, 6.07) is 6.01. The smallest absolute Gasteiger partial charge is 0.303 e. The van der Waals surface area contributed by atoms with Crippen LogP contribution in [0.5, 0.6) is 0 Å². The number of carbonyl (C=O) groups excluding carboxylic acids is 1. The van der Waals surface area contributed by atoms with Crippen LogP contribution >= 0.6 is 27.7 Å². The lowest BCUT2D eigenvalue weighted by Gasteiger charge is -2.16. The van der Waals surface area contributed by atoms with Gasteiger partial charge in [0.05, 0.1) is 5.75 Å². The Labute approximate surface area is 137 Å². The van der Waals surface area contributed by atoms with Gasteiger partial charge in [0.15, 0.2) is 0 Å². The molecule has 1 fully saturated rings. The van der Waals surface area contributed by atoms with E-state index in [1.165, 1.54) is 11.8 Å². The maximum Gasteiger partial charge on any atom is 0.303 e. The van der Waals surface area contributed by atoms with Gasteiger partial charge in [-0.05, 0) is 43.0 Å². The molecule has 4 nitrogen and oxygen atoms in total. The zero-order chi connectivity index (χ0) is 15.4. The number of carboxylic acids is 1. The molecule has 1 aliphatic rings. The lowest BCUT2D eigenvalue weighted by molar-refractivity contribution is -0.138. The monoisotopic (exact) mass is 371 g/mol. The van der Waals surface area contributed by atoms with Crippen LogP contribution in [0.15, 0.2) is 27.6 Å². The fourth-order valence-corrected chi connectivity index (χ4v) is 3.87. The summed E-state index contributed by atoms with van der Waals surface area (Å²) in [6.45, 7) is 3.28. The minimum atomic E-state index is -0.783. The number of amides is 1. The quantitative estimate of drug-likeness (QED) is 0.807. The molecule has 1 aliphatic heterocycles. The van der Waals surface area contributed by atoms with Crippen molar-refractivity contribution >= 4 is 39.6 Å². The van der Waals surface area contributed by atoms with Crippen LogP contribution in [0.25, 0.3) is 0 Å². The summed E-state index contributed by atoms with van der Waals surface area (Å²) in [5.41, 5.74) is 1.15. The van der Waals surface area contributed by atoms with Crippen LogP contribution in [0.1, 0.15) is 18.4 Å². The summed E-state index contributed by atoms with van der Waals surface area (Å²) in [7, 11) is 0. The van der Waals surface area contributed by atoms with E-state index in [0.717, 1.165) is 21.4 Å². The number of benzene rings is 1. The van der Waals surface area contributed by atoms with Gasteiger partial charge in [-0.3, -0.25) is 9.59 Å². The molecule has 2 rings (SSSR count). The van der Waals surface area contributed by atoms with Gasteiger partial charge in [-0.1, -0.05) is 15.9 Å². The number of halogens is 1. The van der Waals surface area contributed by atoms with Crippen molar-refractivity contribution < 1.29 is 14.7 Å². The van der Waals surface area contributed by atoms with Crippen molar-refractivity contribution in [3.63, 3.8) is 0 Å². The Morgan fingerprint density at radius 2 is 2.24 bits per heavy atom.